The molecule has 0 bridgehead atoms. The molecular weight excluding hydrogens is 391 g/mol. The highest BCUT2D eigenvalue weighted by Crippen LogP contribution is 2.19. The number of sulfonamides is 1. The largest absolute Gasteiger partial charge is 0.481 e. The van der Waals surface area contributed by atoms with E-state index in [0.29, 0.717) is 5.75 Å². The lowest BCUT2D eigenvalue weighted by Crippen LogP contribution is -2.24. The maximum absolute atomic E-state index is 13.1. The van der Waals surface area contributed by atoms with Crippen LogP contribution in [0.5, 0.6) is 5.75 Å². The van der Waals surface area contributed by atoms with Gasteiger partial charge in [-0.3, -0.25) is 4.98 Å². The van der Waals surface area contributed by atoms with Crippen LogP contribution in [0.2, 0.25) is 5.02 Å². The zero-order valence-corrected chi connectivity index (χ0v) is 15.5. The van der Waals surface area contributed by atoms with Crippen LogP contribution < -0.4 is 9.46 Å². The van der Waals surface area contributed by atoms with Crippen molar-refractivity contribution in [2.45, 2.75) is 4.90 Å². The molecule has 0 radical (unpaired) electrons. The quantitative estimate of drug-likeness (QED) is 0.662. The zero-order chi connectivity index (χ0) is 19.3. The molecule has 3 aromatic rings. The summed E-state index contributed by atoms with van der Waals surface area (Å²) in [6.07, 6.45) is 1.70. The van der Waals surface area contributed by atoms with Gasteiger partial charge >= 0.3 is 0 Å². The van der Waals surface area contributed by atoms with Crippen LogP contribution in [0.3, 0.4) is 0 Å². The summed E-state index contributed by atoms with van der Waals surface area (Å²) in [5.74, 6) is 5.32. The van der Waals surface area contributed by atoms with Crippen molar-refractivity contribution >= 4 is 32.5 Å². The molecule has 0 spiro atoms. The van der Waals surface area contributed by atoms with Gasteiger partial charge in [0.15, 0.2) is 0 Å². The molecule has 0 unspecified atom stereocenters. The van der Waals surface area contributed by atoms with E-state index in [1.54, 1.807) is 12.3 Å². The van der Waals surface area contributed by atoms with Gasteiger partial charge < -0.3 is 4.74 Å². The molecule has 0 aliphatic carbocycles. The summed E-state index contributed by atoms with van der Waals surface area (Å²) in [6.45, 7) is -0.0115. The van der Waals surface area contributed by atoms with Crippen molar-refractivity contribution in [1.29, 1.82) is 0 Å². The van der Waals surface area contributed by atoms with Crippen molar-refractivity contribution < 1.29 is 17.5 Å². The second-order valence-electron chi connectivity index (χ2n) is 5.40. The highest BCUT2D eigenvalue weighted by molar-refractivity contribution is 7.89. The summed E-state index contributed by atoms with van der Waals surface area (Å²) in [5, 5.41) is 0.744. The molecule has 0 saturated carbocycles. The summed E-state index contributed by atoms with van der Waals surface area (Å²) >= 11 is 5.60. The molecule has 5 nitrogen and oxygen atoms in total. The lowest BCUT2D eigenvalue weighted by molar-refractivity contribution is 0.370. The highest BCUT2D eigenvalue weighted by Gasteiger charge is 2.14. The molecule has 1 aromatic heterocycles. The normalized spacial score (nSPS) is 11.0. The summed E-state index contributed by atoms with van der Waals surface area (Å²) in [5.41, 5.74) is 0.814. The van der Waals surface area contributed by atoms with Gasteiger partial charge in [-0.25, -0.2) is 12.8 Å². The molecule has 0 atom stereocenters. The van der Waals surface area contributed by atoms with E-state index >= 15 is 0 Å². The number of benzene rings is 2. The number of hydrogen-bond donors (Lipinski definition) is 1. The van der Waals surface area contributed by atoms with Crippen LogP contribution in [-0.2, 0) is 10.0 Å². The number of rotatable bonds is 5. The summed E-state index contributed by atoms with van der Waals surface area (Å²) in [6, 6.07) is 12.5. The summed E-state index contributed by atoms with van der Waals surface area (Å²) in [4.78, 5) is 4.11. The standard InChI is InChI=1S/C19H14ClFN2O3S/c20-17-13-16(7-8-18(17)21)27(24,25)23-10-1-2-11-26-15-6-5-14-4-3-9-22-19(14)12-15/h3-9,12-13,23H,10-11H2. The fourth-order valence-electron chi connectivity index (χ4n) is 2.23. The predicted molar refractivity (Wildman–Crippen MR) is 102 cm³/mol. The van der Waals surface area contributed by atoms with Gasteiger partial charge in [-0.15, -0.1) is 0 Å². The van der Waals surface area contributed by atoms with E-state index in [1.807, 2.05) is 24.3 Å². The number of pyridine rings is 1. The van der Waals surface area contributed by atoms with Crippen molar-refractivity contribution in [2.24, 2.45) is 0 Å². The Morgan fingerprint density at radius 3 is 2.81 bits per heavy atom. The summed E-state index contributed by atoms with van der Waals surface area (Å²) < 4.78 is 45.1. The molecule has 3 rings (SSSR count). The first-order valence-corrected chi connectivity index (χ1v) is 9.70. The van der Waals surface area contributed by atoms with Crippen molar-refractivity contribution in [3.63, 3.8) is 0 Å². The molecule has 8 heteroatoms. The minimum atomic E-state index is -3.82. The Balaban J connectivity index is 1.53. The third-order valence-corrected chi connectivity index (χ3v) is 5.25. The first kappa shape index (κ1) is 19.1. The first-order valence-electron chi connectivity index (χ1n) is 7.84. The van der Waals surface area contributed by atoms with E-state index < -0.39 is 15.8 Å². The van der Waals surface area contributed by atoms with Gasteiger partial charge in [-0.1, -0.05) is 29.5 Å². The van der Waals surface area contributed by atoms with Crippen LogP contribution in [0.15, 0.2) is 59.6 Å². The Morgan fingerprint density at radius 1 is 1.15 bits per heavy atom. The third-order valence-electron chi connectivity index (χ3n) is 3.57. The number of halogens is 2. The molecule has 138 valence electrons. The number of nitrogens with one attached hydrogen (secondary N) is 1. The monoisotopic (exact) mass is 404 g/mol. The van der Waals surface area contributed by atoms with Gasteiger partial charge in [0.25, 0.3) is 0 Å². The van der Waals surface area contributed by atoms with Gasteiger partial charge in [0.05, 0.1) is 22.0 Å². The fourth-order valence-corrected chi connectivity index (χ4v) is 3.42. The van der Waals surface area contributed by atoms with Crippen molar-refractivity contribution in [3.05, 3.63) is 65.6 Å². The molecule has 0 aliphatic rings. The average molecular weight is 405 g/mol. The number of aromatic nitrogens is 1. The predicted octanol–water partition coefficient (Wildman–Crippen LogP) is 3.39. The number of nitrogens with zero attached hydrogens (tertiary/aromatic N) is 1. The molecule has 0 saturated heterocycles. The van der Waals surface area contributed by atoms with Gasteiger partial charge in [0, 0.05) is 17.6 Å². The number of fused-ring (bicyclic) bond motifs is 1. The molecule has 2 aromatic carbocycles. The van der Waals surface area contributed by atoms with E-state index in [4.69, 9.17) is 16.3 Å². The minimum Gasteiger partial charge on any atom is -0.481 e. The van der Waals surface area contributed by atoms with Crippen molar-refractivity contribution in [2.75, 3.05) is 13.2 Å². The Bertz CT molecular complexity index is 1140. The Kier molecular flexibility index (Phi) is 5.91. The first-order chi connectivity index (χ1) is 13.0. The van der Waals surface area contributed by atoms with Crippen LogP contribution in [0.25, 0.3) is 10.9 Å². The Hall–Kier alpha value is -2.66. The maximum Gasteiger partial charge on any atom is 0.241 e. The van der Waals surface area contributed by atoms with Crippen LogP contribution >= 0.6 is 11.6 Å². The SMILES string of the molecule is O=S(=O)(NCC#CCOc1ccc2cccnc2c1)c1ccc(F)c(Cl)c1. The van der Waals surface area contributed by atoms with E-state index in [0.717, 1.165) is 29.1 Å². The lowest BCUT2D eigenvalue weighted by Gasteiger charge is -2.05. The van der Waals surface area contributed by atoms with E-state index in [1.165, 1.54) is 0 Å². The molecular formula is C19H14ClFN2O3S. The molecule has 0 amide bonds. The second-order valence-corrected chi connectivity index (χ2v) is 7.57. The summed E-state index contributed by atoms with van der Waals surface area (Å²) in [7, 11) is -3.82. The van der Waals surface area contributed by atoms with Gasteiger partial charge in [-0.05, 0) is 36.4 Å². The van der Waals surface area contributed by atoms with E-state index in [-0.39, 0.29) is 23.1 Å². The van der Waals surface area contributed by atoms with Crippen LogP contribution in [-0.4, -0.2) is 26.6 Å². The number of hydrogen-bond acceptors (Lipinski definition) is 4. The Morgan fingerprint density at radius 2 is 2.00 bits per heavy atom. The minimum absolute atomic E-state index is 0.0996. The molecule has 0 aliphatic heterocycles. The third kappa shape index (κ3) is 4.95. The smallest absolute Gasteiger partial charge is 0.241 e. The van der Waals surface area contributed by atoms with Crippen LogP contribution in [0.1, 0.15) is 0 Å². The van der Waals surface area contributed by atoms with E-state index in [2.05, 4.69) is 21.5 Å². The van der Waals surface area contributed by atoms with Gasteiger partial charge in [0.1, 0.15) is 18.2 Å². The molecule has 27 heavy (non-hydrogen) atoms. The van der Waals surface area contributed by atoms with Crippen LogP contribution in [0.4, 0.5) is 4.39 Å². The second kappa shape index (κ2) is 8.35. The Labute approximate surface area is 161 Å². The topological polar surface area (TPSA) is 68.3 Å². The molecule has 1 heterocycles. The lowest BCUT2D eigenvalue weighted by atomic mass is 10.2. The fraction of sp³-hybridized carbons (Fsp3) is 0.105. The highest BCUT2D eigenvalue weighted by atomic mass is 35.5. The molecule has 1 N–H and O–H groups in total. The molecule has 0 fully saturated rings. The zero-order valence-electron chi connectivity index (χ0n) is 13.9. The average Bonchev–Trinajstić information content (AvgIpc) is 2.66. The van der Waals surface area contributed by atoms with Gasteiger partial charge in [0.2, 0.25) is 10.0 Å². The van der Waals surface area contributed by atoms with Crippen molar-refractivity contribution in [1.82, 2.24) is 9.71 Å². The maximum atomic E-state index is 13.1. The van der Waals surface area contributed by atoms with Crippen LogP contribution in [0, 0.1) is 17.7 Å². The van der Waals surface area contributed by atoms with E-state index in [9.17, 15) is 12.8 Å². The van der Waals surface area contributed by atoms with Crippen molar-refractivity contribution in [3.8, 4) is 17.6 Å². The number of ether oxygens (including phenoxy) is 1. The van der Waals surface area contributed by atoms with Gasteiger partial charge in [-0.2, -0.15) is 4.72 Å².